The van der Waals surface area contributed by atoms with Crippen molar-refractivity contribution in [2.24, 2.45) is 0 Å². The number of benzene rings is 1. The number of carbonyl (C=O) groups excluding carboxylic acids is 2. The summed E-state index contributed by atoms with van der Waals surface area (Å²) in [6, 6.07) is 2.22. The molecule has 0 unspecified atom stereocenters. The van der Waals surface area contributed by atoms with Gasteiger partial charge in [0, 0.05) is 6.08 Å². The van der Waals surface area contributed by atoms with E-state index in [2.05, 4.69) is 9.47 Å². The predicted molar refractivity (Wildman–Crippen MR) is 109 cm³/mol. The van der Waals surface area contributed by atoms with Gasteiger partial charge >= 0.3 is 25.7 Å². The summed E-state index contributed by atoms with van der Waals surface area (Å²) in [7, 11) is -3.28. The fraction of sp³-hybridized carbons (Fsp3) is 0.500. The molecule has 0 aliphatic carbocycles. The summed E-state index contributed by atoms with van der Waals surface area (Å²) >= 11 is 0. The fourth-order valence-electron chi connectivity index (χ4n) is 2.15. The molecule has 0 atom stereocenters. The molecule has 32 heavy (non-hydrogen) atoms. The second kappa shape index (κ2) is 14.8. The van der Waals surface area contributed by atoms with E-state index in [-0.39, 0.29) is 38.2 Å². The van der Waals surface area contributed by atoms with Gasteiger partial charge in [-0.25, -0.2) is 9.18 Å². The van der Waals surface area contributed by atoms with Crippen LogP contribution in [0.15, 0.2) is 24.3 Å². The van der Waals surface area contributed by atoms with E-state index in [9.17, 15) is 31.7 Å². The lowest BCUT2D eigenvalue weighted by Crippen LogP contribution is -2.12. The van der Waals surface area contributed by atoms with E-state index < -0.39 is 37.1 Å². The predicted octanol–water partition coefficient (Wildman–Crippen LogP) is 5.24. The number of carbonyl (C=O) groups is 2. The molecule has 0 bridgehead atoms. The van der Waals surface area contributed by atoms with Crippen LogP contribution in [0, 0.1) is 5.82 Å². The number of alkyl halides is 3. The monoisotopic (exact) mass is 486 g/mol. The van der Waals surface area contributed by atoms with Crippen LogP contribution < -0.4 is 0 Å². The third kappa shape index (κ3) is 12.0. The highest BCUT2D eigenvalue weighted by Crippen LogP contribution is 2.47. The molecule has 0 aliphatic rings. The Labute approximate surface area is 184 Å². The largest absolute Gasteiger partial charge is 0.466 e. The highest BCUT2D eigenvalue weighted by molar-refractivity contribution is 7.54. The van der Waals surface area contributed by atoms with Crippen LogP contribution in [0.4, 0.5) is 17.6 Å². The Morgan fingerprint density at radius 1 is 0.969 bits per heavy atom. The molecule has 1 aromatic carbocycles. The Morgan fingerprint density at radius 3 is 2.00 bits per heavy atom. The first-order valence-corrected chi connectivity index (χ1v) is 11.4. The van der Waals surface area contributed by atoms with Gasteiger partial charge in [-0.3, -0.25) is 9.36 Å². The molecule has 0 heterocycles. The van der Waals surface area contributed by atoms with Crippen LogP contribution in [0.2, 0.25) is 0 Å². The van der Waals surface area contributed by atoms with Crippen LogP contribution >= 0.6 is 7.60 Å². The molecule has 0 saturated heterocycles. The molecule has 0 amide bonds. The summed E-state index contributed by atoms with van der Waals surface area (Å²) in [5.41, 5.74) is -1.43. The zero-order chi connectivity index (χ0) is 24.8. The van der Waals surface area contributed by atoms with Gasteiger partial charge in [0.15, 0.2) is 0 Å². The molecule has 0 N–H and O–H groups in total. The minimum Gasteiger partial charge on any atom is -0.466 e. The van der Waals surface area contributed by atoms with Crippen LogP contribution in [0.5, 0.6) is 0 Å². The number of hydrogen-bond donors (Lipinski definition) is 0. The van der Waals surface area contributed by atoms with Gasteiger partial charge in [0.2, 0.25) is 0 Å². The molecule has 1 aromatic rings. The molecular formula is C20H27F4O7P. The Bertz CT molecular complexity index is 800. The Hall–Kier alpha value is -2.23. The minimum atomic E-state index is -4.68. The average molecular weight is 486 g/mol. The summed E-state index contributed by atoms with van der Waals surface area (Å²) in [5.74, 6) is -2.30. The van der Waals surface area contributed by atoms with E-state index in [1.165, 1.54) is 0 Å². The first kappa shape index (κ1) is 29.8. The van der Waals surface area contributed by atoms with Crippen LogP contribution in [-0.4, -0.2) is 44.5 Å². The normalized spacial score (nSPS) is 11.6. The summed E-state index contributed by atoms with van der Waals surface area (Å²) in [5, 5.41) is 0. The lowest BCUT2D eigenvalue weighted by atomic mass is 10.1. The quantitative estimate of drug-likeness (QED) is 0.194. The molecule has 0 aromatic heterocycles. The van der Waals surface area contributed by atoms with Crippen LogP contribution in [0.3, 0.4) is 0 Å². The van der Waals surface area contributed by atoms with Crippen molar-refractivity contribution in [1.29, 1.82) is 0 Å². The molecular weight excluding hydrogens is 459 g/mol. The highest BCUT2D eigenvalue weighted by Gasteiger charge is 2.33. The zero-order valence-electron chi connectivity index (χ0n) is 18.2. The first-order valence-electron chi connectivity index (χ1n) is 9.67. The van der Waals surface area contributed by atoms with Crippen molar-refractivity contribution in [3.63, 3.8) is 0 Å². The summed E-state index contributed by atoms with van der Waals surface area (Å²) < 4.78 is 81.3. The van der Waals surface area contributed by atoms with Crippen molar-refractivity contribution in [3.8, 4) is 0 Å². The van der Waals surface area contributed by atoms with Gasteiger partial charge in [-0.15, -0.1) is 0 Å². The topological polar surface area (TPSA) is 88.1 Å². The number of hydrogen-bond acceptors (Lipinski definition) is 7. The van der Waals surface area contributed by atoms with E-state index in [4.69, 9.17) is 9.05 Å². The SMILES string of the molecule is CCOC(=O)/C=C/c1ccc(F)cc1C(F)(F)F.CCOC(=O)CP(=O)(OCC)OCC. The molecule has 0 spiro atoms. The van der Waals surface area contributed by atoms with Crippen molar-refractivity contribution in [3.05, 3.63) is 41.2 Å². The Kier molecular flexibility index (Phi) is 13.7. The fourth-order valence-corrected chi connectivity index (χ4v) is 3.61. The van der Waals surface area contributed by atoms with Gasteiger partial charge in [-0.05, 0) is 51.5 Å². The van der Waals surface area contributed by atoms with E-state index in [1.54, 1.807) is 27.7 Å². The second-order valence-electron chi connectivity index (χ2n) is 5.72. The zero-order valence-corrected chi connectivity index (χ0v) is 19.1. The second-order valence-corrected chi connectivity index (χ2v) is 7.78. The maximum absolute atomic E-state index is 12.8. The Morgan fingerprint density at radius 2 is 1.53 bits per heavy atom. The average Bonchev–Trinajstić information content (AvgIpc) is 2.67. The number of esters is 2. The van der Waals surface area contributed by atoms with E-state index in [1.807, 2.05) is 0 Å². The molecule has 12 heteroatoms. The third-order valence-electron chi connectivity index (χ3n) is 3.29. The van der Waals surface area contributed by atoms with Crippen LogP contribution in [-0.2, 0) is 38.9 Å². The molecule has 1 rings (SSSR count). The van der Waals surface area contributed by atoms with Crippen molar-refractivity contribution in [2.75, 3.05) is 32.6 Å². The van der Waals surface area contributed by atoms with Crippen molar-refractivity contribution in [2.45, 2.75) is 33.9 Å². The van der Waals surface area contributed by atoms with Gasteiger partial charge in [0.1, 0.15) is 12.0 Å². The molecule has 0 fully saturated rings. The smallest absolute Gasteiger partial charge is 0.417 e. The van der Waals surface area contributed by atoms with Gasteiger partial charge < -0.3 is 18.5 Å². The highest BCUT2D eigenvalue weighted by atomic mass is 31.2. The molecule has 0 aliphatic heterocycles. The summed E-state index contributed by atoms with van der Waals surface area (Å²) in [6.45, 7) is 7.52. The van der Waals surface area contributed by atoms with Gasteiger partial charge in [-0.1, -0.05) is 6.07 Å². The summed E-state index contributed by atoms with van der Waals surface area (Å²) in [6.07, 6.45) is -3.19. The van der Waals surface area contributed by atoms with E-state index >= 15 is 0 Å². The van der Waals surface area contributed by atoms with E-state index in [0.717, 1.165) is 24.3 Å². The number of halogens is 4. The molecule has 7 nitrogen and oxygen atoms in total. The maximum Gasteiger partial charge on any atom is 0.417 e. The van der Waals surface area contributed by atoms with Gasteiger partial charge in [0.25, 0.3) is 0 Å². The minimum absolute atomic E-state index is 0.124. The molecule has 0 saturated carbocycles. The third-order valence-corrected chi connectivity index (χ3v) is 5.23. The Balaban J connectivity index is 0.000000622. The van der Waals surface area contributed by atoms with Crippen molar-refractivity contribution >= 4 is 25.6 Å². The van der Waals surface area contributed by atoms with Crippen LogP contribution in [0.25, 0.3) is 6.08 Å². The maximum atomic E-state index is 12.8. The lowest BCUT2D eigenvalue weighted by molar-refractivity contribution is -0.140. The first-order chi connectivity index (χ1) is 14.9. The summed E-state index contributed by atoms with van der Waals surface area (Å²) in [4.78, 5) is 22.0. The standard InChI is InChI=1S/C12H10F4O2.C8H17O5P/c1-2-18-11(17)6-4-8-3-5-9(13)7-10(8)12(14,15)16;1-4-11-8(9)7-14(10,12-5-2)13-6-3/h3-7H,2H2,1H3;4-7H2,1-3H3/b6-4+;. The van der Waals surface area contributed by atoms with Crippen LogP contribution in [0.1, 0.15) is 38.8 Å². The number of ether oxygens (including phenoxy) is 2. The number of rotatable bonds is 10. The van der Waals surface area contributed by atoms with E-state index in [0.29, 0.717) is 6.07 Å². The van der Waals surface area contributed by atoms with Gasteiger partial charge in [-0.2, -0.15) is 13.2 Å². The van der Waals surface area contributed by atoms with Crippen molar-refractivity contribution in [1.82, 2.24) is 0 Å². The molecule has 182 valence electrons. The lowest BCUT2D eigenvalue weighted by Gasteiger charge is -2.15. The van der Waals surface area contributed by atoms with Gasteiger partial charge in [0.05, 0.1) is 32.0 Å². The molecule has 0 radical (unpaired) electrons. The van der Waals surface area contributed by atoms with Crippen molar-refractivity contribution < 1.29 is 50.2 Å².